The van der Waals surface area contributed by atoms with E-state index in [0.29, 0.717) is 17.9 Å². The maximum absolute atomic E-state index is 2.40. The number of hydrogen-bond acceptors (Lipinski definition) is 0. The van der Waals surface area contributed by atoms with Crippen molar-refractivity contribution in [1.82, 2.24) is 4.57 Å². The first-order valence-corrected chi connectivity index (χ1v) is 5.65. The van der Waals surface area contributed by atoms with Crippen molar-refractivity contribution < 1.29 is 0 Å². The summed E-state index contributed by atoms with van der Waals surface area (Å²) in [5.41, 5.74) is 3.02. The van der Waals surface area contributed by atoms with Gasteiger partial charge in [-0.05, 0) is 37.3 Å². The van der Waals surface area contributed by atoms with Crippen LogP contribution in [0.5, 0.6) is 0 Å². The van der Waals surface area contributed by atoms with E-state index in [4.69, 9.17) is 0 Å². The zero-order valence-corrected chi connectivity index (χ0v) is 10.3. The summed E-state index contributed by atoms with van der Waals surface area (Å²) in [5, 5.41) is 0. The normalized spacial score (nSPS) is 12.1. The van der Waals surface area contributed by atoms with Crippen LogP contribution in [-0.2, 0) is 0 Å². The summed E-state index contributed by atoms with van der Waals surface area (Å²) >= 11 is 0. The highest BCUT2D eigenvalue weighted by molar-refractivity contribution is 5.28. The Labute approximate surface area is 88.1 Å². The molecule has 0 unspecified atom stereocenters. The maximum Gasteiger partial charge on any atom is 0.0277 e. The van der Waals surface area contributed by atoms with Crippen LogP contribution < -0.4 is 0 Å². The molecule has 1 heterocycles. The van der Waals surface area contributed by atoms with Gasteiger partial charge in [0.25, 0.3) is 0 Å². The Morgan fingerprint density at radius 1 is 0.929 bits per heavy atom. The number of aromatic nitrogens is 1. The minimum absolute atomic E-state index is 0.569. The van der Waals surface area contributed by atoms with Crippen LogP contribution in [-0.4, -0.2) is 4.57 Å². The molecule has 1 heteroatoms. The molecule has 1 aromatic heterocycles. The fourth-order valence-electron chi connectivity index (χ4n) is 2.05. The summed E-state index contributed by atoms with van der Waals surface area (Å²) in [5.74, 6) is 1.25. The Balaban J connectivity index is 3.20. The van der Waals surface area contributed by atoms with Gasteiger partial charge in [0, 0.05) is 17.9 Å². The van der Waals surface area contributed by atoms with Gasteiger partial charge in [-0.3, -0.25) is 0 Å². The highest BCUT2D eigenvalue weighted by Crippen LogP contribution is 2.29. The molecule has 0 saturated heterocycles. The topological polar surface area (TPSA) is 4.93 Å². The Morgan fingerprint density at radius 3 is 1.86 bits per heavy atom. The third kappa shape index (κ3) is 2.02. The molecule has 0 aromatic carbocycles. The van der Waals surface area contributed by atoms with Crippen molar-refractivity contribution in [1.29, 1.82) is 0 Å². The van der Waals surface area contributed by atoms with Crippen molar-refractivity contribution >= 4 is 0 Å². The van der Waals surface area contributed by atoms with Crippen LogP contribution in [0.1, 0.15) is 70.7 Å². The van der Waals surface area contributed by atoms with Crippen molar-refractivity contribution in [3.8, 4) is 0 Å². The van der Waals surface area contributed by atoms with Crippen LogP contribution in [0.3, 0.4) is 0 Å². The molecule has 0 aliphatic heterocycles. The second kappa shape index (κ2) is 4.20. The molecule has 0 amide bonds. The van der Waals surface area contributed by atoms with E-state index in [2.05, 4.69) is 58.4 Å². The molecule has 0 saturated carbocycles. The zero-order valence-electron chi connectivity index (χ0n) is 10.3. The maximum atomic E-state index is 2.40. The molecule has 0 aliphatic rings. The molecule has 1 aromatic rings. The molecule has 0 bridgehead atoms. The fourth-order valence-corrected chi connectivity index (χ4v) is 2.05. The van der Waals surface area contributed by atoms with E-state index >= 15 is 0 Å². The van der Waals surface area contributed by atoms with Gasteiger partial charge in [-0.15, -0.1) is 0 Å². The van der Waals surface area contributed by atoms with Crippen molar-refractivity contribution in [2.24, 2.45) is 0 Å². The van der Waals surface area contributed by atoms with Crippen molar-refractivity contribution in [2.45, 2.75) is 59.4 Å². The average molecular weight is 193 g/mol. The second-order valence-corrected chi connectivity index (χ2v) is 4.97. The van der Waals surface area contributed by atoms with Gasteiger partial charge in [0.15, 0.2) is 0 Å². The Hall–Kier alpha value is -0.720. The van der Waals surface area contributed by atoms with Gasteiger partial charge in [-0.2, -0.15) is 0 Å². The molecule has 0 atom stereocenters. The SMILES string of the molecule is CC(C)c1ccn(C(C)C)c1C(C)C. The molecule has 0 fully saturated rings. The van der Waals surface area contributed by atoms with E-state index in [0.717, 1.165) is 0 Å². The lowest BCUT2D eigenvalue weighted by molar-refractivity contribution is 0.554. The Kier molecular flexibility index (Phi) is 3.41. The van der Waals surface area contributed by atoms with Crippen LogP contribution in [0.25, 0.3) is 0 Å². The number of hydrogen-bond donors (Lipinski definition) is 0. The summed E-state index contributed by atoms with van der Waals surface area (Å²) in [7, 11) is 0. The summed E-state index contributed by atoms with van der Waals surface area (Å²) in [6, 6.07) is 2.85. The lowest BCUT2D eigenvalue weighted by atomic mass is 9.97. The predicted molar refractivity (Wildman–Crippen MR) is 63.0 cm³/mol. The van der Waals surface area contributed by atoms with Gasteiger partial charge >= 0.3 is 0 Å². The van der Waals surface area contributed by atoms with Crippen molar-refractivity contribution in [2.75, 3.05) is 0 Å². The molecule has 0 N–H and O–H groups in total. The first-order valence-electron chi connectivity index (χ1n) is 5.65. The quantitative estimate of drug-likeness (QED) is 0.674. The molecular formula is C13H23N. The standard InChI is InChI=1S/C13H23N/c1-9(2)12-7-8-14(11(5)6)13(12)10(3)4/h7-11H,1-6H3. The lowest BCUT2D eigenvalue weighted by Gasteiger charge is -2.18. The summed E-state index contributed by atoms with van der Waals surface area (Å²) in [6.07, 6.45) is 2.23. The smallest absolute Gasteiger partial charge is 0.0277 e. The summed E-state index contributed by atoms with van der Waals surface area (Å²) < 4.78 is 2.40. The zero-order chi connectivity index (χ0) is 10.9. The molecule has 0 aliphatic carbocycles. The van der Waals surface area contributed by atoms with E-state index in [1.807, 2.05) is 0 Å². The minimum Gasteiger partial charge on any atom is -0.348 e. The summed E-state index contributed by atoms with van der Waals surface area (Å²) in [4.78, 5) is 0. The molecule has 1 nitrogen and oxygen atoms in total. The van der Waals surface area contributed by atoms with Gasteiger partial charge in [0.1, 0.15) is 0 Å². The minimum atomic E-state index is 0.569. The largest absolute Gasteiger partial charge is 0.348 e. The van der Waals surface area contributed by atoms with Crippen molar-refractivity contribution in [3.63, 3.8) is 0 Å². The third-order valence-corrected chi connectivity index (χ3v) is 2.71. The fraction of sp³-hybridized carbons (Fsp3) is 0.692. The first-order chi connectivity index (χ1) is 6.45. The molecule has 0 radical (unpaired) electrons. The highest BCUT2D eigenvalue weighted by Gasteiger charge is 2.15. The van der Waals surface area contributed by atoms with Crippen LogP contribution in [0.2, 0.25) is 0 Å². The lowest BCUT2D eigenvalue weighted by Crippen LogP contribution is -2.08. The monoisotopic (exact) mass is 193 g/mol. The molecule has 14 heavy (non-hydrogen) atoms. The van der Waals surface area contributed by atoms with E-state index in [-0.39, 0.29) is 0 Å². The number of rotatable bonds is 3. The predicted octanol–water partition coefficient (Wildman–Crippen LogP) is 4.32. The molecule has 0 spiro atoms. The molecule has 1 rings (SSSR count). The third-order valence-electron chi connectivity index (χ3n) is 2.71. The van der Waals surface area contributed by atoms with E-state index in [1.54, 1.807) is 0 Å². The van der Waals surface area contributed by atoms with E-state index in [9.17, 15) is 0 Å². The highest BCUT2D eigenvalue weighted by atomic mass is 15.0. The Bertz CT molecular complexity index is 267. The van der Waals surface area contributed by atoms with Gasteiger partial charge in [0.05, 0.1) is 0 Å². The van der Waals surface area contributed by atoms with Crippen LogP contribution in [0.15, 0.2) is 12.3 Å². The van der Waals surface area contributed by atoms with Gasteiger partial charge in [0.2, 0.25) is 0 Å². The van der Waals surface area contributed by atoms with Crippen molar-refractivity contribution in [3.05, 3.63) is 23.5 Å². The van der Waals surface area contributed by atoms with Gasteiger partial charge in [-0.1, -0.05) is 27.7 Å². The first kappa shape index (κ1) is 11.4. The van der Waals surface area contributed by atoms with Gasteiger partial charge < -0.3 is 4.57 Å². The van der Waals surface area contributed by atoms with Crippen LogP contribution in [0, 0.1) is 0 Å². The van der Waals surface area contributed by atoms with E-state index in [1.165, 1.54) is 11.3 Å². The van der Waals surface area contributed by atoms with Crippen LogP contribution in [0.4, 0.5) is 0 Å². The van der Waals surface area contributed by atoms with Gasteiger partial charge in [-0.25, -0.2) is 0 Å². The second-order valence-electron chi connectivity index (χ2n) is 4.97. The number of nitrogens with zero attached hydrogens (tertiary/aromatic N) is 1. The van der Waals surface area contributed by atoms with E-state index < -0.39 is 0 Å². The molecular weight excluding hydrogens is 170 g/mol. The van der Waals surface area contributed by atoms with Crippen LogP contribution >= 0.6 is 0 Å². The average Bonchev–Trinajstić information content (AvgIpc) is 2.46. The summed E-state index contributed by atoms with van der Waals surface area (Å²) in [6.45, 7) is 13.6. The Morgan fingerprint density at radius 2 is 1.50 bits per heavy atom. The molecule has 80 valence electrons.